The first-order chi connectivity index (χ1) is 16.5. The first-order valence-corrected chi connectivity index (χ1v) is 13.6. The predicted molar refractivity (Wildman–Crippen MR) is 132 cm³/mol. The lowest BCUT2D eigenvalue weighted by Crippen LogP contribution is -2.42. The Morgan fingerprint density at radius 2 is 1.71 bits per heavy atom. The highest BCUT2D eigenvalue weighted by Gasteiger charge is 2.65. The molecule has 3 atom stereocenters. The van der Waals surface area contributed by atoms with Gasteiger partial charge in [-0.3, -0.25) is 14.1 Å². The van der Waals surface area contributed by atoms with Crippen molar-refractivity contribution in [3.63, 3.8) is 0 Å². The zero-order chi connectivity index (χ0) is 25.3. The third kappa shape index (κ3) is 5.34. The number of Topliss-reactive ketones (excluding diaryl/α,β-unsaturated/α-hetero) is 1. The number of fused-ring (bicyclic) bond motifs is 3. The second kappa shape index (κ2) is 9.84. The Hall–Kier alpha value is -2.55. The quantitative estimate of drug-likeness (QED) is 0.477. The van der Waals surface area contributed by atoms with Crippen LogP contribution in [-0.4, -0.2) is 36.5 Å². The summed E-state index contributed by atoms with van der Waals surface area (Å²) in [6.07, 6.45) is 2.67. The number of ketones is 1. The van der Waals surface area contributed by atoms with Gasteiger partial charge in [-0.15, -0.1) is 0 Å². The van der Waals surface area contributed by atoms with Crippen molar-refractivity contribution >= 4 is 21.9 Å². The van der Waals surface area contributed by atoms with Crippen molar-refractivity contribution in [2.24, 2.45) is 16.7 Å². The number of rotatable bonds is 5. The van der Waals surface area contributed by atoms with E-state index in [4.69, 9.17) is 9.29 Å². The Bertz CT molecular complexity index is 1190. The maximum absolute atomic E-state index is 12.1. The van der Waals surface area contributed by atoms with E-state index in [1.165, 1.54) is 11.1 Å². The minimum atomic E-state index is -4.08. The normalized spacial score (nSPS) is 26.4. The van der Waals surface area contributed by atoms with E-state index in [0.717, 1.165) is 18.5 Å². The SMILES string of the molecule is CC1(C)C2CCC1(CS(=O)(=O)O)C(=O)C2.O=C(OCc1ccccc1)C1Cc2ccccc2CN1. The molecule has 7 nitrogen and oxygen atoms in total. The average Bonchev–Trinajstić information content (AvgIpc) is 3.16. The van der Waals surface area contributed by atoms with Gasteiger partial charge >= 0.3 is 5.97 Å². The fraction of sp³-hybridized carbons (Fsp3) is 0.481. The van der Waals surface area contributed by atoms with Crippen LogP contribution in [0.1, 0.15) is 49.8 Å². The van der Waals surface area contributed by atoms with Gasteiger partial charge in [0.1, 0.15) is 18.4 Å². The fourth-order valence-corrected chi connectivity index (χ4v) is 7.17. The number of ether oxygens (including phenoxy) is 1. The molecule has 35 heavy (non-hydrogen) atoms. The maximum Gasteiger partial charge on any atom is 0.323 e. The molecule has 0 spiro atoms. The van der Waals surface area contributed by atoms with Gasteiger partial charge in [0.25, 0.3) is 10.1 Å². The van der Waals surface area contributed by atoms with E-state index in [1.54, 1.807) is 0 Å². The van der Waals surface area contributed by atoms with Gasteiger partial charge in [0.2, 0.25) is 0 Å². The highest BCUT2D eigenvalue weighted by atomic mass is 32.2. The molecule has 3 aliphatic rings. The van der Waals surface area contributed by atoms with Gasteiger partial charge in [0.15, 0.2) is 0 Å². The van der Waals surface area contributed by atoms with Gasteiger partial charge in [-0.25, -0.2) is 0 Å². The summed E-state index contributed by atoms with van der Waals surface area (Å²) in [4.78, 5) is 24.0. The van der Waals surface area contributed by atoms with E-state index in [-0.39, 0.29) is 29.1 Å². The molecule has 2 aromatic rings. The molecular formula is C27H33NO6S. The van der Waals surface area contributed by atoms with Crippen LogP contribution in [0.2, 0.25) is 0 Å². The van der Waals surface area contributed by atoms with E-state index < -0.39 is 21.3 Å². The lowest BCUT2D eigenvalue weighted by Gasteiger charge is -2.35. The summed E-state index contributed by atoms with van der Waals surface area (Å²) in [5.41, 5.74) is 2.38. The van der Waals surface area contributed by atoms with E-state index in [2.05, 4.69) is 17.4 Å². The molecule has 2 N–H and O–H groups in total. The Morgan fingerprint density at radius 3 is 2.31 bits per heavy atom. The molecule has 0 amide bonds. The van der Waals surface area contributed by atoms with Crippen LogP contribution in [0.5, 0.6) is 0 Å². The van der Waals surface area contributed by atoms with Crippen molar-refractivity contribution in [2.45, 2.75) is 58.7 Å². The first kappa shape index (κ1) is 25.5. The van der Waals surface area contributed by atoms with Crippen LogP contribution in [0.4, 0.5) is 0 Å². The summed E-state index contributed by atoms with van der Waals surface area (Å²) in [6.45, 7) is 4.95. The molecule has 2 aromatic carbocycles. The minimum absolute atomic E-state index is 0.0152. The van der Waals surface area contributed by atoms with Crippen LogP contribution in [0.3, 0.4) is 0 Å². The van der Waals surface area contributed by atoms with Crippen LogP contribution in [0.25, 0.3) is 0 Å². The molecule has 1 heterocycles. The second-order valence-corrected chi connectivity index (χ2v) is 11.8. The number of esters is 1. The summed E-state index contributed by atoms with van der Waals surface area (Å²) >= 11 is 0. The van der Waals surface area contributed by atoms with E-state index in [0.29, 0.717) is 25.9 Å². The monoisotopic (exact) mass is 499 g/mol. The smallest absolute Gasteiger partial charge is 0.323 e. The molecule has 2 saturated carbocycles. The van der Waals surface area contributed by atoms with E-state index in [1.807, 2.05) is 56.3 Å². The highest BCUT2D eigenvalue weighted by Crippen LogP contribution is 2.64. The summed E-state index contributed by atoms with van der Waals surface area (Å²) in [5.74, 6) is -0.279. The Balaban J connectivity index is 0.000000172. The number of benzene rings is 2. The van der Waals surface area contributed by atoms with Crippen molar-refractivity contribution in [3.05, 3.63) is 71.3 Å². The van der Waals surface area contributed by atoms with Crippen LogP contribution < -0.4 is 5.32 Å². The molecule has 5 rings (SSSR count). The Kier molecular flexibility index (Phi) is 7.18. The molecule has 0 aromatic heterocycles. The van der Waals surface area contributed by atoms with Crippen LogP contribution >= 0.6 is 0 Å². The first-order valence-electron chi connectivity index (χ1n) is 12.0. The van der Waals surface area contributed by atoms with Crippen molar-refractivity contribution < 1.29 is 27.3 Å². The zero-order valence-corrected chi connectivity index (χ0v) is 21.0. The van der Waals surface area contributed by atoms with Crippen molar-refractivity contribution in [1.82, 2.24) is 5.32 Å². The largest absolute Gasteiger partial charge is 0.460 e. The molecule has 0 radical (unpaired) electrons. The molecule has 2 fully saturated rings. The highest BCUT2D eigenvalue weighted by molar-refractivity contribution is 7.85. The summed E-state index contributed by atoms with van der Waals surface area (Å²) in [5, 5.41) is 3.24. The Morgan fingerprint density at radius 1 is 1.06 bits per heavy atom. The van der Waals surface area contributed by atoms with E-state index >= 15 is 0 Å². The molecule has 188 valence electrons. The van der Waals surface area contributed by atoms with E-state index in [9.17, 15) is 18.0 Å². The molecular weight excluding hydrogens is 466 g/mol. The van der Waals surface area contributed by atoms with Gasteiger partial charge < -0.3 is 10.1 Å². The summed E-state index contributed by atoms with van der Waals surface area (Å²) in [6, 6.07) is 17.7. The van der Waals surface area contributed by atoms with Gasteiger partial charge in [-0.05, 0) is 47.3 Å². The lowest BCUT2D eigenvalue weighted by atomic mass is 9.70. The third-order valence-corrected chi connectivity index (χ3v) is 9.02. The van der Waals surface area contributed by atoms with Crippen molar-refractivity contribution in [1.29, 1.82) is 0 Å². The number of carbonyl (C=O) groups excluding carboxylic acids is 2. The van der Waals surface area contributed by atoms with Crippen LogP contribution in [-0.2, 0) is 44.0 Å². The van der Waals surface area contributed by atoms with Crippen molar-refractivity contribution in [3.8, 4) is 0 Å². The van der Waals surface area contributed by atoms with Gasteiger partial charge in [-0.1, -0.05) is 68.4 Å². The third-order valence-electron chi connectivity index (χ3n) is 8.16. The van der Waals surface area contributed by atoms with Gasteiger partial charge in [-0.2, -0.15) is 8.42 Å². The Labute approximate surface area is 207 Å². The number of hydrogen-bond acceptors (Lipinski definition) is 6. The summed E-state index contributed by atoms with van der Waals surface area (Å²) in [7, 11) is -4.08. The molecule has 0 saturated heterocycles. The predicted octanol–water partition coefficient (Wildman–Crippen LogP) is 3.71. The molecule has 1 aliphatic heterocycles. The van der Waals surface area contributed by atoms with Crippen molar-refractivity contribution in [2.75, 3.05) is 5.75 Å². The molecule has 8 heteroatoms. The summed E-state index contributed by atoms with van der Waals surface area (Å²) < 4.78 is 36.4. The van der Waals surface area contributed by atoms with Crippen LogP contribution in [0, 0.1) is 16.7 Å². The molecule has 3 unspecified atom stereocenters. The van der Waals surface area contributed by atoms with Gasteiger partial charge in [0.05, 0.1) is 11.2 Å². The molecule has 2 bridgehead atoms. The standard InChI is InChI=1S/C17H17NO2.C10H16O4S/c19-17(20-12-13-6-2-1-3-7-13)16-10-14-8-4-5-9-15(14)11-18-16;1-9(2)7-3-4-10(9,8(11)5-7)6-15(12,13)14/h1-9,16,18H,10-12H2;7H,3-6H2,1-2H3,(H,12,13,14). The van der Waals surface area contributed by atoms with Crippen LogP contribution in [0.15, 0.2) is 54.6 Å². The average molecular weight is 500 g/mol. The second-order valence-electron chi connectivity index (χ2n) is 10.4. The fourth-order valence-electron chi connectivity index (χ4n) is 5.87. The zero-order valence-electron chi connectivity index (χ0n) is 20.2. The number of hydrogen-bond donors (Lipinski definition) is 2. The minimum Gasteiger partial charge on any atom is -0.460 e. The number of nitrogens with one attached hydrogen (secondary N) is 1. The number of carbonyl (C=O) groups is 2. The molecule has 2 aliphatic carbocycles. The van der Waals surface area contributed by atoms with Gasteiger partial charge in [0, 0.05) is 13.0 Å². The maximum atomic E-state index is 12.1. The topological polar surface area (TPSA) is 110 Å². The lowest BCUT2D eigenvalue weighted by molar-refractivity contribution is -0.147.